The van der Waals surface area contributed by atoms with Crippen molar-refractivity contribution in [3.8, 4) is 23.5 Å². The lowest BCUT2D eigenvalue weighted by atomic mass is 9.43. The van der Waals surface area contributed by atoms with E-state index < -0.39 is 83.8 Å². The standard InChI is InChI=1S/C51H70BN9O9/c1-6-8-12-30-15-17-31(18-16-30)32-19-21-33(22-20-32)43(64)56-25-23-41(62)57-37(13-9-10-24-53)46(67)61-26-11-14-38(61)45(66)58-36(7-2)44(65)60-51(29-35(51)42(54)63)47(68)59-48(55)52-69-40-28-34-27-39(49(34,3)4)50(40,5)70-52/h2,15-22,34-40,48H,6,8-14,23-29,53,55H2,1,3-5H3,(H2,54,63)(H,56,64)(H,57,62)(H,58,66)(H,59,68)(H,60,65)/t34-,35-,36-,37-,38-,39-,40?,48+,50-,51?/m0/s1. The quantitative estimate of drug-likeness (QED) is 0.0363. The lowest BCUT2D eigenvalue weighted by Crippen LogP contribution is -2.65. The number of nitrogens with zero attached hydrogens (tertiary/aromatic N) is 1. The summed E-state index contributed by atoms with van der Waals surface area (Å²) in [7, 11) is -0.984. The number of carbonyl (C=O) groups excluding carboxylic acids is 7. The number of benzene rings is 2. The van der Waals surface area contributed by atoms with Crippen LogP contribution in [0, 0.1) is 35.5 Å². The second kappa shape index (κ2) is 21.7. The second-order valence-electron chi connectivity index (χ2n) is 20.5. The summed E-state index contributed by atoms with van der Waals surface area (Å²) >= 11 is 0. The highest BCUT2D eigenvalue weighted by molar-refractivity contribution is 6.47. The Kier molecular flexibility index (Phi) is 16.1. The Bertz CT molecular complexity index is 2340. The summed E-state index contributed by atoms with van der Waals surface area (Å²) in [5.74, 6) is -2.74. The minimum Gasteiger partial charge on any atom is -0.403 e. The van der Waals surface area contributed by atoms with Crippen LogP contribution in [0.5, 0.6) is 0 Å². The van der Waals surface area contributed by atoms with Gasteiger partial charge in [0, 0.05) is 25.1 Å². The Hall–Kier alpha value is -5.81. The molecule has 376 valence electrons. The van der Waals surface area contributed by atoms with Gasteiger partial charge in [-0.3, -0.25) is 33.6 Å². The van der Waals surface area contributed by atoms with E-state index in [4.69, 9.17) is 32.9 Å². The lowest BCUT2D eigenvalue weighted by Gasteiger charge is -2.64. The normalized spacial score (nSPS) is 27.1. The van der Waals surface area contributed by atoms with Crippen LogP contribution in [-0.2, 0) is 44.5 Å². The predicted molar refractivity (Wildman–Crippen MR) is 262 cm³/mol. The zero-order valence-electron chi connectivity index (χ0n) is 40.9. The molecule has 0 aromatic heterocycles. The summed E-state index contributed by atoms with van der Waals surface area (Å²) in [4.78, 5) is 95.7. The average Bonchev–Trinajstić information content (AvgIpc) is 3.65. The highest BCUT2D eigenvalue weighted by Crippen LogP contribution is 2.65. The molecule has 2 aliphatic heterocycles. The molecule has 70 heavy (non-hydrogen) atoms. The third-order valence-electron chi connectivity index (χ3n) is 15.6. The summed E-state index contributed by atoms with van der Waals surface area (Å²) in [5.41, 5.74) is 19.2. The molecule has 6 aliphatic rings. The van der Waals surface area contributed by atoms with Crippen molar-refractivity contribution in [1.82, 2.24) is 31.5 Å². The summed E-state index contributed by atoms with van der Waals surface area (Å²) in [6.07, 6.45) is 12.5. The molecule has 2 aromatic carbocycles. The first-order chi connectivity index (χ1) is 33.4. The smallest absolute Gasteiger partial charge is 0.403 e. The van der Waals surface area contributed by atoms with Crippen LogP contribution in [0.1, 0.15) is 114 Å². The number of nitrogens with one attached hydrogen (secondary N) is 5. The number of likely N-dealkylation sites (tertiary alicyclic amines) is 1. The average molecular weight is 964 g/mol. The first-order valence-electron chi connectivity index (χ1n) is 24.9. The fourth-order valence-corrected chi connectivity index (χ4v) is 11.1. The molecule has 10 atom stereocenters. The number of hydrogen-bond donors (Lipinski definition) is 8. The van der Waals surface area contributed by atoms with Gasteiger partial charge in [-0.25, -0.2) is 0 Å². The maximum atomic E-state index is 14.1. The van der Waals surface area contributed by atoms with Gasteiger partial charge in [-0.05, 0) is 124 Å². The number of nitrogens with two attached hydrogens (primary N) is 3. The van der Waals surface area contributed by atoms with Crippen molar-refractivity contribution in [2.45, 2.75) is 146 Å². The maximum absolute atomic E-state index is 14.1. The van der Waals surface area contributed by atoms with E-state index in [1.807, 2.05) is 19.1 Å². The van der Waals surface area contributed by atoms with Crippen molar-refractivity contribution in [3.05, 3.63) is 59.7 Å². The molecular weight excluding hydrogens is 893 g/mol. The minimum atomic E-state index is -1.81. The third kappa shape index (κ3) is 10.9. The number of terminal acetylenes is 1. The molecule has 2 heterocycles. The molecule has 18 nitrogen and oxygen atoms in total. The second-order valence-corrected chi connectivity index (χ2v) is 20.5. The Labute approximate surface area is 410 Å². The van der Waals surface area contributed by atoms with Crippen LogP contribution in [0.2, 0.25) is 0 Å². The Balaban J connectivity index is 0.909. The number of unbranched alkanes of at least 4 members (excludes halogenated alkanes) is 2. The molecule has 6 fully saturated rings. The van der Waals surface area contributed by atoms with Crippen LogP contribution in [0.4, 0.5) is 0 Å². The largest absolute Gasteiger partial charge is 0.497 e. The molecule has 19 heteroatoms. The van der Waals surface area contributed by atoms with Crippen molar-refractivity contribution in [3.63, 3.8) is 0 Å². The SMILES string of the molecule is C#C[C@H](NC(=O)[C@@H]1CCCN1C(=O)[C@H](CCCCN)NC(=O)CCNC(=O)c1ccc(-c2ccc(CCCC)cc2)cc1)C(=O)NC1(C(=O)N[C@@H](N)B2OC3C[C@@H]4C[C@@H](C4(C)C)[C@]3(C)O2)C[C@H]1C(N)=O. The molecule has 2 bridgehead atoms. The molecule has 4 aliphatic carbocycles. The van der Waals surface area contributed by atoms with Crippen LogP contribution >= 0.6 is 0 Å². The fraction of sp³-hybridized carbons (Fsp3) is 0.588. The maximum Gasteiger partial charge on any atom is 0.497 e. The lowest BCUT2D eigenvalue weighted by molar-refractivity contribution is -0.199. The van der Waals surface area contributed by atoms with Crippen molar-refractivity contribution in [1.29, 1.82) is 0 Å². The first-order valence-corrected chi connectivity index (χ1v) is 24.9. The molecule has 7 amide bonds. The van der Waals surface area contributed by atoms with Gasteiger partial charge in [-0.2, -0.15) is 0 Å². The highest BCUT2D eigenvalue weighted by Gasteiger charge is 2.69. The van der Waals surface area contributed by atoms with Gasteiger partial charge in [0.2, 0.25) is 29.5 Å². The van der Waals surface area contributed by atoms with Crippen molar-refractivity contribution >= 4 is 48.5 Å². The van der Waals surface area contributed by atoms with E-state index in [1.165, 1.54) is 10.5 Å². The zero-order valence-corrected chi connectivity index (χ0v) is 40.9. The van der Waals surface area contributed by atoms with E-state index in [0.29, 0.717) is 37.3 Å². The molecule has 2 aromatic rings. The first kappa shape index (κ1) is 52.0. The van der Waals surface area contributed by atoms with Gasteiger partial charge in [-0.1, -0.05) is 69.5 Å². The molecule has 4 saturated carbocycles. The van der Waals surface area contributed by atoms with Crippen molar-refractivity contribution < 1.29 is 42.9 Å². The number of amides is 7. The van der Waals surface area contributed by atoms with Gasteiger partial charge >= 0.3 is 7.12 Å². The number of rotatable bonds is 22. The van der Waals surface area contributed by atoms with Gasteiger partial charge in [0.05, 0.1) is 17.6 Å². The molecule has 0 spiro atoms. The van der Waals surface area contributed by atoms with E-state index in [9.17, 15) is 33.6 Å². The van der Waals surface area contributed by atoms with Crippen molar-refractivity contribution in [2.24, 2.45) is 40.4 Å². The Morgan fingerprint density at radius 3 is 2.27 bits per heavy atom. The van der Waals surface area contributed by atoms with E-state index in [2.05, 4.69) is 77.5 Å². The Morgan fingerprint density at radius 1 is 0.943 bits per heavy atom. The monoisotopic (exact) mass is 964 g/mol. The van der Waals surface area contributed by atoms with Crippen molar-refractivity contribution in [2.75, 3.05) is 19.6 Å². The third-order valence-corrected chi connectivity index (χ3v) is 15.6. The van der Waals surface area contributed by atoms with Crippen LogP contribution in [0.3, 0.4) is 0 Å². The molecular formula is C51H70BN9O9. The van der Waals surface area contributed by atoms with E-state index in [1.54, 1.807) is 12.1 Å². The van der Waals surface area contributed by atoms with E-state index in [0.717, 1.165) is 43.2 Å². The summed E-state index contributed by atoms with van der Waals surface area (Å²) in [5, 5.41) is 13.3. The number of carbonyl (C=O) groups is 7. The Morgan fingerprint density at radius 2 is 1.64 bits per heavy atom. The molecule has 2 unspecified atom stereocenters. The van der Waals surface area contributed by atoms with Gasteiger partial charge in [0.25, 0.3) is 11.8 Å². The van der Waals surface area contributed by atoms with E-state index in [-0.39, 0.29) is 62.1 Å². The predicted octanol–water partition coefficient (Wildman–Crippen LogP) is 1.57. The van der Waals surface area contributed by atoms with Crippen LogP contribution < -0.4 is 43.8 Å². The molecule has 11 N–H and O–H groups in total. The minimum absolute atomic E-state index is 0.0121. The topological polar surface area (TPSA) is 279 Å². The molecule has 2 saturated heterocycles. The van der Waals surface area contributed by atoms with Gasteiger partial charge in [0.15, 0.2) is 6.04 Å². The number of aryl methyl sites for hydroxylation is 1. The van der Waals surface area contributed by atoms with Crippen LogP contribution in [-0.4, -0.2) is 114 Å². The fourth-order valence-electron chi connectivity index (χ4n) is 11.1. The van der Waals surface area contributed by atoms with Gasteiger partial charge < -0.3 is 58.0 Å². The summed E-state index contributed by atoms with van der Waals surface area (Å²) in [6, 6.07) is 10.8. The van der Waals surface area contributed by atoms with Gasteiger partial charge in [-0.15, -0.1) is 6.42 Å². The van der Waals surface area contributed by atoms with E-state index >= 15 is 0 Å². The summed E-state index contributed by atoms with van der Waals surface area (Å²) in [6.45, 7) is 9.20. The van der Waals surface area contributed by atoms with Gasteiger partial charge in [0.1, 0.15) is 23.7 Å². The zero-order chi connectivity index (χ0) is 50.5. The number of hydrogen-bond acceptors (Lipinski definition) is 11. The molecule has 8 rings (SSSR count). The van der Waals surface area contributed by atoms with Crippen LogP contribution in [0.25, 0.3) is 11.1 Å². The highest BCUT2D eigenvalue weighted by atomic mass is 16.7. The summed E-state index contributed by atoms with van der Waals surface area (Å²) < 4.78 is 12.6. The number of primary amides is 1. The molecule has 0 radical (unpaired) electrons. The van der Waals surface area contributed by atoms with Crippen LogP contribution in [0.15, 0.2) is 48.5 Å².